The predicted octanol–water partition coefficient (Wildman–Crippen LogP) is 5.22. The van der Waals surface area contributed by atoms with E-state index in [4.69, 9.17) is 4.74 Å². The molecule has 0 bridgehead atoms. The number of rotatable bonds is 6. The summed E-state index contributed by atoms with van der Waals surface area (Å²) >= 11 is 0. The Labute approximate surface area is 154 Å². The number of ether oxygens (including phenoxy) is 1. The minimum Gasteiger partial charge on any atom is -0.450 e. The number of aromatic nitrogens is 3. The molecule has 1 N–H and O–H groups in total. The molecule has 2 aromatic heterocycles. The molecule has 1 atom stereocenters. The fourth-order valence-corrected chi connectivity index (χ4v) is 2.53. The van der Waals surface area contributed by atoms with Gasteiger partial charge in [0, 0.05) is 11.8 Å². The maximum absolute atomic E-state index is 14.4. The molecule has 0 spiro atoms. The quantitative estimate of drug-likeness (QED) is 0.641. The summed E-state index contributed by atoms with van der Waals surface area (Å²) in [6.45, 7) is 3.35. The van der Waals surface area contributed by atoms with E-state index in [-0.39, 0.29) is 5.56 Å². The van der Waals surface area contributed by atoms with E-state index >= 15 is 0 Å². The number of hydrogen-bond donors (Lipinski definition) is 1. The molecule has 0 aliphatic carbocycles. The zero-order chi connectivity index (χ0) is 19.4. The van der Waals surface area contributed by atoms with Crippen LogP contribution in [0.2, 0.25) is 0 Å². The van der Waals surface area contributed by atoms with Crippen LogP contribution in [0.5, 0.6) is 11.5 Å². The lowest BCUT2D eigenvalue weighted by atomic mass is 10.0. The third-order valence-electron chi connectivity index (χ3n) is 3.85. The van der Waals surface area contributed by atoms with Gasteiger partial charge in [0.05, 0.1) is 24.0 Å². The van der Waals surface area contributed by atoms with E-state index in [1.165, 1.54) is 24.5 Å². The first-order chi connectivity index (χ1) is 13.0. The summed E-state index contributed by atoms with van der Waals surface area (Å²) in [6.07, 6.45) is 1.73. The molecule has 0 unspecified atom stereocenters. The molecule has 0 aliphatic rings. The number of hydrogen-bond acceptors (Lipinski definition) is 5. The van der Waals surface area contributed by atoms with Gasteiger partial charge in [-0.2, -0.15) is 0 Å². The number of nitrogens with one attached hydrogen (secondary N) is 1. The van der Waals surface area contributed by atoms with Gasteiger partial charge < -0.3 is 10.1 Å². The van der Waals surface area contributed by atoms with Crippen molar-refractivity contribution < 1.29 is 17.9 Å². The monoisotopic (exact) mass is 374 g/mol. The van der Waals surface area contributed by atoms with Crippen molar-refractivity contribution in [3.63, 3.8) is 0 Å². The maximum atomic E-state index is 14.4. The minimum absolute atomic E-state index is 0.108. The molecule has 1 aromatic carbocycles. The molecule has 5 nitrogen and oxygen atoms in total. The van der Waals surface area contributed by atoms with Gasteiger partial charge in [-0.1, -0.05) is 18.2 Å². The van der Waals surface area contributed by atoms with Crippen LogP contribution >= 0.6 is 0 Å². The highest BCUT2D eigenvalue weighted by molar-refractivity contribution is 5.52. The average molecular weight is 374 g/mol. The third-order valence-corrected chi connectivity index (χ3v) is 3.85. The van der Waals surface area contributed by atoms with Crippen molar-refractivity contribution in [2.45, 2.75) is 26.3 Å². The van der Waals surface area contributed by atoms with Crippen LogP contribution in [-0.2, 0) is 0 Å². The van der Waals surface area contributed by atoms with Crippen LogP contribution in [0.25, 0.3) is 0 Å². The van der Waals surface area contributed by atoms with Gasteiger partial charge in [0.25, 0.3) is 6.43 Å². The third kappa shape index (κ3) is 4.33. The molecule has 3 aromatic rings. The lowest BCUT2D eigenvalue weighted by Gasteiger charge is -2.19. The summed E-state index contributed by atoms with van der Waals surface area (Å²) in [4.78, 5) is 12.4. The highest BCUT2D eigenvalue weighted by Crippen LogP contribution is 2.32. The highest BCUT2D eigenvalue weighted by Gasteiger charge is 2.20. The molecule has 0 amide bonds. The van der Waals surface area contributed by atoms with E-state index in [2.05, 4.69) is 20.3 Å². The van der Waals surface area contributed by atoms with Gasteiger partial charge in [-0.05, 0) is 26.0 Å². The van der Waals surface area contributed by atoms with Gasteiger partial charge in [0.1, 0.15) is 17.4 Å². The second kappa shape index (κ2) is 8.03. The predicted molar refractivity (Wildman–Crippen MR) is 94.5 cm³/mol. The van der Waals surface area contributed by atoms with Crippen molar-refractivity contribution in [3.8, 4) is 11.5 Å². The van der Waals surface area contributed by atoms with Crippen molar-refractivity contribution in [2.24, 2.45) is 0 Å². The van der Waals surface area contributed by atoms with Gasteiger partial charge in [0.2, 0.25) is 0 Å². The van der Waals surface area contributed by atoms with Gasteiger partial charge in [-0.3, -0.25) is 4.98 Å². The molecular weight excluding hydrogens is 357 g/mol. The molecule has 140 valence electrons. The Hall–Kier alpha value is -3.16. The topological polar surface area (TPSA) is 59.9 Å². The van der Waals surface area contributed by atoms with E-state index in [9.17, 15) is 13.2 Å². The van der Waals surface area contributed by atoms with E-state index in [0.29, 0.717) is 23.1 Å². The van der Waals surface area contributed by atoms with Crippen LogP contribution in [0.15, 0.2) is 48.9 Å². The number of pyridine rings is 1. The molecule has 0 fully saturated rings. The summed E-state index contributed by atoms with van der Waals surface area (Å²) in [7, 11) is 0. The number of nitrogens with zero attached hydrogens (tertiary/aromatic N) is 3. The molecule has 3 rings (SSSR count). The van der Waals surface area contributed by atoms with Crippen molar-refractivity contribution >= 4 is 5.82 Å². The smallest absolute Gasteiger partial charge is 0.266 e. The van der Waals surface area contributed by atoms with Gasteiger partial charge in [-0.25, -0.2) is 23.1 Å². The van der Waals surface area contributed by atoms with Crippen molar-refractivity contribution in [1.29, 1.82) is 0 Å². The molecule has 0 saturated heterocycles. The van der Waals surface area contributed by atoms with Crippen LogP contribution in [0, 0.1) is 12.7 Å². The first-order valence-corrected chi connectivity index (χ1v) is 8.20. The second-order valence-electron chi connectivity index (χ2n) is 5.84. The fourth-order valence-electron chi connectivity index (χ4n) is 2.53. The van der Waals surface area contributed by atoms with Crippen molar-refractivity contribution in [3.05, 3.63) is 71.7 Å². The van der Waals surface area contributed by atoms with E-state index in [1.807, 2.05) is 0 Å². The standard InChI is InChI=1S/C19H17F3N4O/c1-11(14-6-3-7-15(17(14)20)18(21)22)25-19-16(10-24-12(2)26-19)27-13-5-4-8-23-9-13/h3-11,18H,1-2H3,(H,24,25,26)/t11-/m1/s1. The number of anilines is 1. The molecule has 27 heavy (non-hydrogen) atoms. The Morgan fingerprint density at radius 1 is 1.07 bits per heavy atom. The zero-order valence-electron chi connectivity index (χ0n) is 14.7. The van der Waals surface area contributed by atoms with Crippen LogP contribution in [0.1, 0.15) is 36.3 Å². The molecule has 2 heterocycles. The molecular formula is C19H17F3N4O. The molecule has 0 saturated carbocycles. The van der Waals surface area contributed by atoms with Gasteiger partial charge in [0.15, 0.2) is 11.6 Å². The van der Waals surface area contributed by atoms with Crippen LogP contribution < -0.4 is 10.1 Å². The van der Waals surface area contributed by atoms with Crippen LogP contribution in [0.4, 0.5) is 19.0 Å². The lowest BCUT2D eigenvalue weighted by molar-refractivity contribution is 0.146. The number of benzene rings is 1. The summed E-state index contributed by atoms with van der Waals surface area (Å²) in [5.41, 5.74) is -0.525. The van der Waals surface area contributed by atoms with E-state index in [1.54, 1.807) is 32.2 Å². The number of halogens is 3. The van der Waals surface area contributed by atoms with Gasteiger partial charge >= 0.3 is 0 Å². The molecule has 8 heteroatoms. The largest absolute Gasteiger partial charge is 0.450 e. The summed E-state index contributed by atoms with van der Waals surface area (Å²) < 4.78 is 46.0. The van der Waals surface area contributed by atoms with Crippen LogP contribution in [-0.4, -0.2) is 15.0 Å². The lowest BCUT2D eigenvalue weighted by Crippen LogP contribution is -2.12. The first-order valence-electron chi connectivity index (χ1n) is 8.20. The van der Waals surface area contributed by atoms with E-state index < -0.39 is 23.8 Å². The summed E-state index contributed by atoms with van der Waals surface area (Å²) in [5.74, 6) is 0.649. The Morgan fingerprint density at radius 3 is 2.56 bits per heavy atom. The fraction of sp³-hybridized carbons (Fsp3) is 0.211. The summed E-state index contributed by atoms with van der Waals surface area (Å²) in [5, 5.41) is 3.01. The zero-order valence-corrected chi connectivity index (χ0v) is 14.7. The Balaban J connectivity index is 1.89. The van der Waals surface area contributed by atoms with E-state index in [0.717, 1.165) is 6.07 Å². The number of aryl methyl sites for hydroxylation is 1. The Kier molecular flexibility index (Phi) is 5.54. The Morgan fingerprint density at radius 2 is 1.85 bits per heavy atom. The average Bonchev–Trinajstić information content (AvgIpc) is 2.64. The van der Waals surface area contributed by atoms with Crippen molar-refractivity contribution in [2.75, 3.05) is 5.32 Å². The Bertz CT molecular complexity index is 922. The molecule has 0 aliphatic heterocycles. The van der Waals surface area contributed by atoms with Crippen LogP contribution in [0.3, 0.4) is 0 Å². The first kappa shape index (κ1) is 18.6. The normalized spacial score (nSPS) is 12.1. The minimum atomic E-state index is -2.89. The molecule has 0 radical (unpaired) electrons. The maximum Gasteiger partial charge on any atom is 0.266 e. The second-order valence-corrected chi connectivity index (χ2v) is 5.84. The summed E-state index contributed by atoms with van der Waals surface area (Å²) in [6, 6.07) is 6.72. The van der Waals surface area contributed by atoms with Gasteiger partial charge in [-0.15, -0.1) is 0 Å². The highest BCUT2D eigenvalue weighted by atomic mass is 19.3. The SMILES string of the molecule is Cc1ncc(Oc2cccnc2)c(N[C@H](C)c2cccc(C(F)F)c2F)n1. The number of alkyl halides is 2. The van der Waals surface area contributed by atoms with Crippen molar-refractivity contribution in [1.82, 2.24) is 15.0 Å².